The maximum absolute atomic E-state index is 13.6. The van der Waals surface area contributed by atoms with Gasteiger partial charge in [0.2, 0.25) is 5.78 Å². The Hall–Kier alpha value is -3.79. The van der Waals surface area contributed by atoms with Crippen LogP contribution in [0.4, 0.5) is 0 Å². The fourth-order valence-corrected chi connectivity index (χ4v) is 6.61. The van der Waals surface area contributed by atoms with Gasteiger partial charge in [-0.15, -0.1) is 0 Å². The van der Waals surface area contributed by atoms with E-state index in [1.807, 2.05) is 24.3 Å². The summed E-state index contributed by atoms with van der Waals surface area (Å²) in [5.74, 6) is -5.91. The normalized spacial score (nSPS) is 28.8. The molecule has 40 heavy (non-hydrogen) atoms. The third kappa shape index (κ3) is 4.54. The molecule has 0 radical (unpaired) electrons. The zero-order chi connectivity index (χ0) is 28.8. The zero-order valence-electron chi connectivity index (χ0n) is 22.2. The topological polar surface area (TPSA) is 161 Å². The van der Waals surface area contributed by atoms with E-state index in [0.717, 1.165) is 25.2 Å². The molecule has 1 aromatic carbocycles. The Balaban J connectivity index is 1.53. The SMILES string of the molecule is C=C1C(=O)C2=C(O)[C@]3(O)C(=O)C(C(N)=O)=C(O)C[C@@H]3C[C@@H]2C/C1=C(/C=C\CO)c1ccc(CN2CCCC2)cc1. The average molecular weight is 547 g/mol. The summed E-state index contributed by atoms with van der Waals surface area (Å²) in [4.78, 5) is 40.9. The number of nitrogens with two attached hydrogens (primary N) is 1. The lowest BCUT2D eigenvalue weighted by molar-refractivity contribution is -0.144. The number of aliphatic hydroxyl groups excluding tert-OH is 3. The Morgan fingerprint density at radius 2 is 1.80 bits per heavy atom. The number of aliphatic hydroxyl groups is 4. The standard InChI is InChI=1S/C31H34N2O7/c1-17-23(22(5-4-12-34)19-8-6-18(7-9-19)16-33-10-2-3-11-33)14-20-13-21-15-24(35)26(30(32)39)29(38)31(21,40)28(37)25(20)27(17)36/h4-9,20-21,34-35,37,40H,1-3,10-16H2,(H2,32,39)/b5-4-,23-22+/t20-,21+,31+/m1/s1. The number of fused-ring (bicyclic) bond motifs is 2. The summed E-state index contributed by atoms with van der Waals surface area (Å²) in [6, 6.07) is 8.05. The van der Waals surface area contributed by atoms with E-state index in [2.05, 4.69) is 11.5 Å². The first kappa shape index (κ1) is 27.8. The molecule has 210 valence electrons. The van der Waals surface area contributed by atoms with Crippen LogP contribution in [0.3, 0.4) is 0 Å². The first-order valence-electron chi connectivity index (χ1n) is 13.6. The maximum atomic E-state index is 13.6. The van der Waals surface area contributed by atoms with Crippen molar-refractivity contribution in [2.24, 2.45) is 17.6 Å². The number of Topliss-reactive ketones (excluding diaryl/α,β-unsaturated/α-hetero) is 2. The molecule has 1 aliphatic heterocycles. The van der Waals surface area contributed by atoms with Gasteiger partial charge in [-0.05, 0) is 67.0 Å². The summed E-state index contributed by atoms with van der Waals surface area (Å²) < 4.78 is 0. The van der Waals surface area contributed by atoms with Crippen LogP contribution in [0.15, 0.2) is 76.8 Å². The van der Waals surface area contributed by atoms with Gasteiger partial charge in [0, 0.05) is 30.0 Å². The second kappa shape index (κ2) is 10.6. The van der Waals surface area contributed by atoms with Crippen LogP contribution in [-0.2, 0) is 20.9 Å². The molecular weight excluding hydrogens is 512 g/mol. The number of ketones is 2. The second-order valence-corrected chi connectivity index (χ2v) is 11.0. The number of hydrogen-bond donors (Lipinski definition) is 5. The Morgan fingerprint density at radius 3 is 2.42 bits per heavy atom. The highest BCUT2D eigenvalue weighted by Gasteiger charge is 2.59. The van der Waals surface area contributed by atoms with Gasteiger partial charge in [0.25, 0.3) is 5.91 Å². The fraction of sp³-hybridized carbons (Fsp3) is 0.387. The summed E-state index contributed by atoms with van der Waals surface area (Å²) in [7, 11) is 0. The molecule has 9 nitrogen and oxygen atoms in total. The van der Waals surface area contributed by atoms with Crippen LogP contribution in [0.1, 0.15) is 43.2 Å². The Bertz CT molecular complexity index is 1410. The van der Waals surface area contributed by atoms with Crippen molar-refractivity contribution in [1.29, 1.82) is 0 Å². The number of primary amides is 1. The van der Waals surface area contributed by atoms with Crippen LogP contribution in [0.2, 0.25) is 0 Å². The molecule has 1 amide bonds. The molecule has 5 rings (SSSR count). The number of amides is 1. The van der Waals surface area contributed by atoms with Gasteiger partial charge >= 0.3 is 0 Å². The van der Waals surface area contributed by atoms with E-state index in [-0.39, 0.29) is 37.0 Å². The highest BCUT2D eigenvalue weighted by atomic mass is 16.3. The number of carbonyl (C=O) groups excluding carboxylic acids is 3. The number of rotatable bonds is 6. The van der Waals surface area contributed by atoms with E-state index >= 15 is 0 Å². The van der Waals surface area contributed by atoms with Crippen LogP contribution in [0.5, 0.6) is 0 Å². The number of benzene rings is 1. The van der Waals surface area contributed by atoms with Crippen molar-refractivity contribution >= 4 is 23.0 Å². The zero-order valence-corrected chi connectivity index (χ0v) is 22.2. The first-order valence-corrected chi connectivity index (χ1v) is 13.6. The third-order valence-electron chi connectivity index (χ3n) is 8.65. The van der Waals surface area contributed by atoms with Crippen LogP contribution < -0.4 is 5.73 Å². The molecule has 0 spiro atoms. The molecular formula is C31H34N2O7. The van der Waals surface area contributed by atoms with Gasteiger partial charge < -0.3 is 26.2 Å². The van der Waals surface area contributed by atoms with Gasteiger partial charge in [0.1, 0.15) is 17.1 Å². The van der Waals surface area contributed by atoms with Crippen molar-refractivity contribution < 1.29 is 34.8 Å². The Kier molecular flexibility index (Phi) is 7.39. The van der Waals surface area contributed by atoms with Crippen LogP contribution in [-0.4, -0.2) is 68.1 Å². The van der Waals surface area contributed by atoms with Crippen molar-refractivity contribution in [3.05, 3.63) is 87.9 Å². The minimum atomic E-state index is -2.54. The molecule has 0 bridgehead atoms. The minimum Gasteiger partial charge on any atom is -0.511 e. The summed E-state index contributed by atoms with van der Waals surface area (Å²) in [6.07, 6.45) is 5.86. The van der Waals surface area contributed by atoms with Gasteiger partial charge in [0.15, 0.2) is 11.4 Å². The van der Waals surface area contributed by atoms with Crippen molar-refractivity contribution in [3.8, 4) is 0 Å². The monoisotopic (exact) mass is 546 g/mol. The lowest BCUT2D eigenvalue weighted by Crippen LogP contribution is -2.57. The molecule has 4 aliphatic rings. The molecule has 1 saturated heterocycles. The van der Waals surface area contributed by atoms with Crippen LogP contribution in [0, 0.1) is 11.8 Å². The number of hydrogen-bond acceptors (Lipinski definition) is 8. The molecule has 0 unspecified atom stereocenters. The summed E-state index contributed by atoms with van der Waals surface area (Å²) in [5, 5.41) is 42.4. The molecule has 1 saturated carbocycles. The third-order valence-corrected chi connectivity index (χ3v) is 8.65. The predicted molar refractivity (Wildman–Crippen MR) is 148 cm³/mol. The molecule has 3 atom stereocenters. The highest BCUT2D eigenvalue weighted by Crippen LogP contribution is 2.52. The minimum absolute atomic E-state index is 0.103. The van der Waals surface area contributed by atoms with Gasteiger partial charge in [-0.25, -0.2) is 0 Å². The van der Waals surface area contributed by atoms with Gasteiger partial charge in [0.05, 0.1) is 6.61 Å². The second-order valence-electron chi connectivity index (χ2n) is 11.0. The molecule has 6 N–H and O–H groups in total. The largest absolute Gasteiger partial charge is 0.511 e. The number of nitrogens with zero attached hydrogens (tertiary/aromatic N) is 1. The van der Waals surface area contributed by atoms with E-state index in [9.17, 15) is 34.8 Å². The van der Waals surface area contributed by atoms with Crippen molar-refractivity contribution in [2.75, 3.05) is 19.7 Å². The predicted octanol–water partition coefficient (Wildman–Crippen LogP) is 2.56. The van der Waals surface area contributed by atoms with E-state index in [0.29, 0.717) is 11.1 Å². The Labute approximate surface area is 232 Å². The summed E-state index contributed by atoms with van der Waals surface area (Å²) in [6.45, 7) is 6.83. The van der Waals surface area contributed by atoms with Crippen molar-refractivity contribution in [1.82, 2.24) is 4.90 Å². The molecule has 3 aliphatic carbocycles. The number of allylic oxidation sites excluding steroid dienone is 6. The van der Waals surface area contributed by atoms with E-state index < -0.39 is 52.0 Å². The maximum Gasteiger partial charge on any atom is 0.255 e. The average Bonchev–Trinajstić information content (AvgIpc) is 3.43. The molecule has 1 aromatic rings. The van der Waals surface area contributed by atoms with Gasteiger partial charge in [-0.3, -0.25) is 19.3 Å². The van der Waals surface area contributed by atoms with Gasteiger partial charge in [-0.2, -0.15) is 0 Å². The van der Waals surface area contributed by atoms with Crippen molar-refractivity contribution in [3.63, 3.8) is 0 Å². The summed E-state index contributed by atoms with van der Waals surface area (Å²) in [5.41, 5.74) is 5.29. The molecule has 0 aromatic heterocycles. The summed E-state index contributed by atoms with van der Waals surface area (Å²) >= 11 is 0. The van der Waals surface area contributed by atoms with Crippen LogP contribution in [0.25, 0.3) is 5.57 Å². The highest BCUT2D eigenvalue weighted by molar-refractivity contribution is 6.24. The number of carbonyl (C=O) groups is 3. The Morgan fingerprint density at radius 1 is 1.12 bits per heavy atom. The lowest BCUT2D eigenvalue weighted by atomic mass is 9.59. The van der Waals surface area contributed by atoms with Gasteiger partial charge in [-0.1, -0.05) is 43.0 Å². The van der Waals surface area contributed by atoms with E-state index in [4.69, 9.17) is 5.73 Å². The fourth-order valence-electron chi connectivity index (χ4n) is 6.61. The van der Waals surface area contributed by atoms with Crippen LogP contribution >= 0.6 is 0 Å². The number of likely N-dealkylation sites (tertiary alicyclic amines) is 1. The first-order chi connectivity index (χ1) is 19.1. The lowest BCUT2D eigenvalue weighted by Gasteiger charge is -2.46. The van der Waals surface area contributed by atoms with Crippen molar-refractivity contribution in [2.45, 2.75) is 44.2 Å². The van der Waals surface area contributed by atoms with E-state index in [1.54, 1.807) is 12.2 Å². The molecule has 2 fully saturated rings. The quantitative estimate of drug-likeness (QED) is 0.269. The molecule has 1 heterocycles. The molecule has 9 heteroatoms. The smallest absolute Gasteiger partial charge is 0.255 e. The van der Waals surface area contributed by atoms with E-state index in [1.165, 1.54) is 18.4 Å².